The number of rotatable bonds is 6. The van der Waals surface area contributed by atoms with Gasteiger partial charge in [0, 0.05) is 24.4 Å². The highest BCUT2D eigenvalue weighted by molar-refractivity contribution is 5.43. The van der Waals surface area contributed by atoms with Crippen molar-refractivity contribution in [3.05, 3.63) is 23.4 Å². The largest absolute Gasteiger partial charge is 0.383 e. The Bertz CT molecular complexity index is 402. The van der Waals surface area contributed by atoms with Crippen molar-refractivity contribution in [2.45, 2.75) is 51.7 Å². The van der Waals surface area contributed by atoms with E-state index < -0.39 is 0 Å². The second-order valence-electron chi connectivity index (χ2n) is 5.36. The molecule has 0 spiro atoms. The van der Waals surface area contributed by atoms with Crippen molar-refractivity contribution in [3.63, 3.8) is 0 Å². The van der Waals surface area contributed by atoms with Crippen molar-refractivity contribution < 1.29 is 4.74 Å². The van der Waals surface area contributed by atoms with E-state index in [1.807, 2.05) is 6.20 Å². The summed E-state index contributed by atoms with van der Waals surface area (Å²) < 4.78 is 5.75. The van der Waals surface area contributed by atoms with Crippen molar-refractivity contribution in [1.82, 2.24) is 10.3 Å². The van der Waals surface area contributed by atoms with Crippen LogP contribution in [-0.2, 0) is 4.74 Å². The lowest BCUT2D eigenvalue weighted by molar-refractivity contribution is 0.0946. The molecule has 4 heteroatoms. The minimum Gasteiger partial charge on any atom is -0.383 e. The summed E-state index contributed by atoms with van der Waals surface area (Å²) in [7, 11) is 0. The summed E-state index contributed by atoms with van der Waals surface area (Å²) in [5.41, 5.74) is 8.31. The first-order chi connectivity index (χ1) is 9.20. The Kier molecular flexibility index (Phi) is 5.16. The van der Waals surface area contributed by atoms with Crippen LogP contribution in [0.1, 0.15) is 49.8 Å². The Balaban J connectivity index is 2.12. The molecule has 3 N–H and O–H groups in total. The Labute approximate surface area is 115 Å². The topological polar surface area (TPSA) is 60.2 Å². The first kappa shape index (κ1) is 14.3. The van der Waals surface area contributed by atoms with Gasteiger partial charge in [0.15, 0.2) is 0 Å². The molecule has 2 rings (SSSR count). The summed E-state index contributed by atoms with van der Waals surface area (Å²) >= 11 is 0. The highest BCUT2D eigenvalue weighted by Crippen LogP contribution is 2.28. The molecule has 0 bridgehead atoms. The molecule has 0 radical (unpaired) electrons. The monoisotopic (exact) mass is 263 g/mol. The molecule has 0 aromatic carbocycles. The number of pyridine rings is 1. The normalized spacial score (nSPS) is 20.6. The van der Waals surface area contributed by atoms with Crippen molar-refractivity contribution in [1.29, 1.82) is 0 Å². The summed E-state index contributed by atoms with van der Waals surface area (Å²) in [6.45, 7) is 6.12. The molecule has 2 atom stereocenters. The minimum absolute atomic E-state index is 0.246. The first-order valence-corrected chi connectivity index (χ1v) is 7.27. The number of aromatic nitrogens is 1. The van der Waals surface area contributed by atoms with Crippen LogP contribution in [0.15, 0.2) is 12.3 Å². The van der Waals surface area contributed by atoms with Crippen LogP contribution in [0.4, 0.5) is 5.82 Å². The van der Waals surface area contributed by atoms with Crippen LogP contribution in [0.2, 0.25) is 0 Å². The third-order valence-electron chi connectivity index (χ3n) is 3.62. The first-order valence-electron chi connectivity index (χ1n) is 7.27. The average molecular weight is 263 g/mol. The molecule has 0 aliphatic carbocycles. The minimum atomic E-state index is 0.246. The summed E-state index contributed by atoms with van der Waals surface area (Å²) in [6.07, 6.45) is 6.60. The molecule has 0 saturated carbocycles. The van der Waals surface area contributed by atoms with Crippen LogP contribution in [-0.4, -0.2) is 24.2 Å². The number of hydrogen-bond acceptors (Lipinski definition) is 4. The zero-order valence-corrected chi connectivity index (χ0v) is 12.0. The van der Waals surface area contributed by atoms with Crippen molar-refractivity contribution in [3.8, 4) is 0 Å². The second kappa shape index (κ2) is 6.87. The Hall–Kier alpha value is -1.13. The lowest BCUT2D eigenvalue weighted by Crippen LogP contribution is -2.27. The van der Waals surface area contributed by atoms with Crippen LogP contribution in [0, 0.1) is 6.92 Å². The van der Waals surface area contributed by atoms with Gasteiger partial charge in [-0.1, -0.05) is 6.92 Å². The SMILES string of the molecule is CCCNC(CC1CCCO1)c1cc(C)cnc1N. The van der Waals surface area contributed by atoms with Gasteiger partial charge < -0.3 is 15.8 Å². The number of nitrogens with one attached hydrogen (secondary N) is 1. The molecule has 0 amide bonds. The van der Waals surface area contributed by atoms with E-state index in [0.717, 1.165) is 43.5 Å². The molecule has 1 saturated heterocycles. The molecule has 1 fully saturated rings. The molecule has 1 aliphatic heterocycles. The fraction of sp³-hybridized carbons (Fsp3) is 0.667. The van der Waals surface area contributed by atoms with Crippen LogP contribution in [0.3, 0.4) is 0 Å². The fourth-order valence-electron chi connectivity index (χ4n) is 2.61. The molecule has 4 nitrogen and oxygen atoms in total. The number of anilines is 1. The maximum absolute atomic E-state index is 6.04. The number of aryl methyl sites for hydroxylation is 1. The van der Waals surface area contributed by atoms with Crippen LogP contribution < -0.4 is 11.1 Å². The quantitative estimate of drug-likeness (QED) is 0.828. The van der Waals surface area contributed by atoms with Crippen LogP contribution in [0.25, 0.3) is 0 Å². The van der Waals surface area contributed by atoms with E-state index in [0.29, 0.717) is 11.9 Å². The summed E-state index contributed by atoms with van der Waals surface area (Å²) in [4.78, 5) is 4.28. The molecule has 1 aromatic rings. The van der Waals surface area contributed by atoms with Gasteiger partial charge in [0.2, 0.25) is 0 Å². The van der Waals surface area contributed by atoms with Crippen LogP contribution >= 0.6 is 0 Å². The summed E-state index contributed by atoms with van der Waals surface area (Å²) in [6, 6.07) is 2.39. The van der Waals surface area contributed by atoms with E-state index >= 15 is 0 Å². The van der Waals surface area contributed by atoms with Crippen molar-refractivity contribution >= 4 is 5.82 Å². The molecule has 2 unspecified atom stereocenters. The summed E-state index contributed by atoms with van der Waals surface area (Å²) in [5, 5.41) is 3.58. The maximum atomic E-state index is 6.04. The molecule has 1 aliphatic rings. The number of hydrogen-bond donors (Lipinski definition) is 2. The van der Waals surface area contributed by atoms with Gasteiger partial charge in [0.05, 0.1) is 6.10 Å². The van der Waals surface area contributed by atoms with Gasteiger partial charge in [-0.2, -0.15) is 0 Å². The van der Waals surface area contributed by atoms with E-state index in [4.69, 9.17) is 10.5 Å². The Morgan fingerprint density at radius 1 is 1.58 bits per heavy atom. The van der Waals surface area contributed by atoms with Gasteiger partial charge in [0.1, 0.15) is 5.82 Å². The van der Waals surface area contributed by atoms with Gasteiger partial charge in [0.25, 0.3) is 0 Å². The fourth-order valence-corrected chi connectivity index (χ4v) is 2.61. The molecule has 1 aromatic heterocycles. The van der Waals surface area contributed by atoms with E-state index in [9.17, 15) is 0 Å². The van der Waals surface area contributed by atoms with E-state index in [-0.39, 0.29) is 6.04 Å². The predicted octanol–water partition coefficient (Wildman–Crippen LogP) is 2.58. The molecule has 106 valence electrons. The Morgan fingerprint density at radius 2 is 2.42 bits per heavy atom. The number of nitrogen functional groups attached to an aromatic ring is 1. The van der Waals surface area contributed by atoms with Gasteiger partial charge in [-0.3, -0.25) is 0 Å². The van der Waals surface area contributed by atoms with Crippen molar-refractivity contribution in [2.75, 3.05) is 18.9 Å². The van der Waals surface area contributed by atoms with E-state index in [1.54, 1.807) is 0 Å². The number of nitrogens with zero attached hydrogens (tertiary/aromatic N) is 1. The number of nitrogens with two attached hydrogens (primary N) is 1. The lowest BCUT2D eigenvalue weighted by Gasteiger charge is -2.23. The third kappa shape index (κ3) is 3.91. The molecular weight excluding hydrogens is 238 g/mol. The highest BCUT2D eigenvalue weighted by atomic mass is 16.5. The average Bonchev–Trinajstić information content (AvgIpc) is 2.90. The smallest absolute Gasteiger partial charge is 0.128 e. The highest BCUT2D eigenvalue weighted by Gasteiger charge is 2.23. The van der Waals surface area contributed by atoms with Gasteiger partial charge in [-0.05, 0) is 50.8 Å². The zero-order valence-electron chi connectivity index (χ0n) is 12.0. The maximum Gasteiger partial charge on any atom is 0.128 e. The summed E-state index contributed by atoms with van der Waals surface area (Å²) in [5.74, 6) is 0.636. The standard InChI is InChI=1S/C15H25N3O/c1-3-6-17-14(9-12-5-4-7-19-12)13-8-11(2)10-18-15(13)16/h8,10,12,14,17H,3-7,9H2,1-2H3,(H2,16,18). The van der Waals surface area contributed by atoms with E-state index in [2.05, 4.69) is 30.2 Å². The third-order valence-corrected chi connectivity index (χ3v) is 3.62. The predicted molar refractivity (Wildman–Crippen MR) is 78.0 cm³/mol. The van der Waals surface area contributed by atoms with Gasteiger partial charge in [-0.15, -0.1) is 0 Å². The molecular formula is C15H25N3O. The van der Waals surface area contributed by atoms with Gasteiger partial charge in [-0.25, -0.2) is 4.98 Å². The number of ether oxygens (including phenoxy) is 1. The van der Waals surface area contributed by atoms with Gasteiger partial charge >= 0.3 is 0 Å². The molecule has 2 heterocycles. The second-order valence-corrected chi connectivity index (χ2v) is 5.36. The lowest BCUT2D eigenvalue weighted by atomic mass is 9.98. The Morgan fingerprint density at radius 3 is 3.11 bits per heavy atom. The van der Waals surface area contributed by atoms with Crippen molar-refractivity contribution in [2.24, 2.45) is 0 Å². The van der Waals surface area contributed by atoms with E-state index in [1.165, 1.54) is 6.42 Å². The molecule has 19 heavy (non-hydrogen) atoms. The zero-order chi connectivity index (χ0) is 13.7. The van der Waals surface area contributed by atoms with Crippen LogP contribution in [0.5, 0.6) is 0 Å².